The second-order valence-electron chi connectivity index (χ2n) is 5.78. The van der Waals surface area contributed by atoms with Gasteiger partial charge in [0, 0.05) is 45.3 Å². The maximum atomic E-state index is 5.84. The van der Waals surface area contributed by atoms with Gasteiger partial charge < -0.3 is 5.73 Å². The van der Waals surface area contributed by atoms with Gasteiger partial charge in [-0.3, -0.25) is 9.80 Å². The molecule has 0 saturated carbocycles. The predicted molar refractivity (Wildman–Crippen MR) is 85.8 cm³/mol. The van der Waals surface area contributed by atoms with Gasteiger partial charge in [-0.25, -0.2) is 0 Å². The van der Waals surface area contributed by atoms with E-state index in [2.05, 4.69) is 47.9 Å². The van der Waals surface area contributed by atoms with Crippen molar-refractivity contribution < 1.29 is 0 Å². The summed E-state index contributed by atoms with van der Waals surface area (Å²) in [6, 6.07) is 9.64. The lowest BCUT2D eigenvalue weighted by atomic mass is 10.1. The molecule has 1 aliphatic rings. The fourth-order valence-electron chi connectivity index (χ4n) is 3.00. The first-order valence-electron chi connectivity index (χ1n) is 8.01. The number of aryl methyl sites for hydroxylation is 1. The highest BCUT2D eigenvalue weighted by atomic mass is 15.3. The molecule has 1 atom stereocenters. The molecule has 0 radical (unpaired) electrons. The summed E-state index contributed by atoms with van der Waals surface area (Å²) in [5.74, 6) is 0. The topological polar surface area (TPSA) is 32.5 Å². The molecule has 1 fully saturated rings. The Morgan fingerprint density at radius 2 is 1.60 bits per heavy atom. The molecule has 0 bridgehead atoms. The van der Waals surface area contributed by atoms with Crippen LogP contribution in [0, 0.1) is 0 Å². The number of piperazine rings is 1. The van der Waals surface area contributed by atoms with Crippen LogP contribution < -0.4 is 5.73 Å². The van der Waals surface area contributed by atoms with E-state index >= 15 is 0 Å². The molecule has 1 unspecified atom stereocenters. The summed E-state index contributed by atoms with van der Waals surface area (Å²) in [5.41, 5.74) is 8.70. The summed E-state index contributed by atoms with van der Waals surface area (Å²) in [7, 11) is 0. The van der Waals surface area contributed by atoms with Crippen LogP contribution in [0.2, 0.25) is 0 Å². The lowest BCUT2D eigenvalue weighted by Crippen LogP contribution is -2.51. The fourth-order valence-corrected chi connectivity index (χ4v) is 3.00. The van der Waals surface area contributed by atoms with Crippen molar-refractivity contribution in [2.75, 3.05) is 32.7 Å². The molecule has 1 aliphatic heterocycles. The second-order valence-corrected chi connectivity index (χ2v) is 5.78. The molecule has 1 aromatic rings. The summed E-state index contributed by atoms with van der Waals surface area (Å²) in [6.07, 6.45) is 2.28. The molecule has 20 heavy (non-hydrogen) atoms. The second kappa shape index (κ2) is 7.77. The summed E-state index contributed by atoms with van der Waals surface area (Å²) in [5, 5.41) is 0. The van der Waals surface area contributed by atoms with Gasteiger partial charge in [0.2, 0.25) is 0 Å². The lowest BCUT2D eigenvalue weighted by Gasteiger charge is -2.38. The molecule has 112 valence electrons. The van der Waals surface area contributed by atoms with E-state index in [0.717, 1.165) is 52.1 Å². The Kier molecular flexibility index (Phi) is 6.02. The Hall–Kier alpha value is -0.900. The Labute approximate surface area is 123 Å². The Morgan fingerprint density at radius 3 is 2.10 bits per heavy atom. The number of hydrogen-bond acceptors (Lipinski definition) is 3. The smallest absolute Gasteiger partial charge is 0.0234 e. The van der Waals surface area contributed by atoms with Crippen molar-refractivity contribution in [2.45, 2.75) is 39.3 Å². The zero-order chi connectivity index (χ0) is 14.4. The van der Waals surface area contributed by atoms with Gasteiger partial charge in [-0.2, -0.15) is 0 Å². The Balaban J connectivity index is 1.81. The van der Waals surface area contributed by atoms with Crippen LogP contribution in [0.1, 0.15) is 31.4 Å². The van der Waals surface area contributed by atoms with Crippen LogP contribution in [-0.4, -0.2) is 48.6 Å². The molecule has 2 N–H and O–H groups in total. The van der Waals surface area contributed by atoms with Gasteiger partial charge in [0.05, 0.1) is 0 Å². The van der Waals surface area contributed by atoms with Crippen molar-refractivity contribution in [3.8, 4) is 0 Å². The number of rotatable bonds is 6. The van der Waals surface area contributed by atoms with Gasteiger partial charge in [0.15, 0.2) is 0 Å². The van der Waals surface area contributed by atoms with E-state index in [1.165, 1.54) is 11.1 Å². The van der Waals surface area contributed by atoms with E-state index in [0.29, 0.717) is 6.04 Å². The van der Waals surface area contributed by atoms with Crippen molar-refractivity contribution in [1.29, 1.82) is 0 Å². The molecule has 2 rings (SSSR count). The van der Waals surface area contributed by atoms with Crippen LogP contribution in [0.3, 0.4) is 0 Å². The van der Waals surface area contributed by atoms with Gasteiger partial charge in [0.1, 0.15) is 0 Å². The monoisotopic (exact) mass is 275 g/mol. The van der Waals surface area contributed by atoms with Gasteiger partial charge in [-0.05, 0) is 24.0 Å². The van der Waals surface area contributed by atoms with Gasteiger partial charge in [-0.15, -0.1) is 0 Å². The van der Waals surface area contributed by atoms with Crippen molar-refractivity contribution in [1.82, 2.24) is 9.80 Å². The average Bonchev–Trinajstić information content (AvgIpc) is 2.51. The minimum absolute atomic E-state index is 0.570. The maximum Gasteiger partial charge on any atom is 0.0234 e. The van der Waals surface area contributed by atoms with E-state index in [9.17, 15) is 0 Å². The highest BCUT2D eigenvalue weighted by molar-refractivity contribution is 5.22. The zero-order valence-corrected chi connectivity index (χ0v) is 13.0. The number of nitrogens with zero attached hydrogens (tertiary/aromatic N) is 2. The van der Waals surface area contributed by atoms with E-state index < -0.39 is 0 Å². The van der Waals surface area contributed by atoms with Crippen molar-refractivity contribution in [3.63, 3.8) is 0 Å². The molecule has 1 heterocycles. The molecule has 0 amide bonds. The first kappa shape index (κ1) is 15.5. The van der Waals surface area contributed by atoms with Crippen LogP contribution in [0.4, 0.5) is 0 Å². The van der Waals surface area contributed by atoms with Crippen LogP contribution in [0.5, 0.6) is 0 Å². The van der Waals surface area contributed by atoms with E-state index in [4.69, 9.17) is 5.73 Å². The summed E-state index contributed by atoms with van der Waals surface area (Å²) >= 11 is 0. The summed E-state index contributed by atoms with van der Waals surface area (Å²) < 4.78 is 0. The van der Waals surface area contributed by atoms with Crippen molar-refractivity contribution in [2.24, 2.45) is 5.73 Å². The van der Waals surface area contributed by atoms with Gasteiger partial charge in [-0.1, -0.05) is 38.1 Å². The molecular formula is C17H29N3. The summed E-state index contributed by atoms with van der Waals surface area (Å²) in [6.45, 7) is 10.9. The van der Waals surface area contributed by atoms with Crippen LogP contribution in [-0.2, 0) is 13.0 Å². The van der Waals surface area contributed by atoms with Crippen molar-refractivity contribution in [3.05, 3.63) is 35.4 Å². The number of nitrogens with two attached hydrogens (primary N) is 1. The minimum Gasteiger partial charge on any atom is -0.329 e. The molecule has 0 spiro atoms. The molecular weight excluding hydrogens is 246 g/mol. The quantitative estimate of drug-likeness (QED) is 0.863. The third kappa shape index (κ3) is 4.05. The normalized spacial score (nSPS) is 19.1. The lowest BCUT2D eigenvalue weighted by molar-refractivity contribution is 0.0926. The Morgan fingerprint density at radius 1 is 1.00 bits per heavy atom. The summed E-state index contributed by atoms with van der Waals surface area (Å²) in [4.78, 5) is 5.11. The van der Waals surface area contributed by atoms with Crippen LogP contribution in [0.15, 0.2) is 24.3 Å². The van der Waals surface area contributed by atoms with E-state index in [1.807, 2.05) is 0 Å². The first-order valence-corrected chi connectivity index (χ1v) is 8.01. The standard InChI is InChI=1S/C17H29N3/c1-3-15-5-7-16(8-6-15)14-19-9-11-20(12-10-19)17(4-2)13-18/h5-8,17H,3-4,9-14,18H2,1-2H3. The average molecular weight is 275 g/mol. The minimum atomic E-state index is 0.570. The fraction of sp³-hybridized carbons (Fsp3) is 0.647. The van der Waals surface area contributed by atoms with Crippen LogP contribution in [0.25, 0.3) is 0 Å². The molecule has 3 nitrogen and oxygen atoms in total. The first-order chi connectivity index (χ1) is 9.76. The SMILES string of the molecule is CCc1ccc(CN2CCN(C(CC)CN)CC2)cc1. The maximum absolute atomic E-state index is 5.84. The van der Waals surface area contributed by atoms with E-state index in [-0.39, 0.29) is 0 Å². The van der Waals surface area contributed by atoms with Gasteiger partial charge in [0.25, 0.3) is 0 Å². The number of hydrogen-bond donors (Lipinski definition) is 1. The third-order valence-electron chi connectivity index (χ3n) is 4.50. The molecule has 3 heteroatoms. The number of benzene rings is 1. The zero-order valence-electron chi connectivity index (χ0n) is 13.0. The third-order valence-corrected chi connectivity index (χ3v) is 4.50. The Bertz CT molecular complexity index is 376. The van der Waals surface area contributed by atoms with E-state index in [1.54, 1.807) is 0 Å². The predicted octanol–water partition coefficient (Wildman–Crippen LogP) is 2.10. The molecule has 0 aliphatic carbocycles. The molecule has 1 aromatic carbocycles. The van der Waals surface area contributed by atoms with Crippen molar-refractivity contribution >= 4 is 0 Å². The molecule has 1 saturated heterocycles. The van der Waals surface area contributed by atoms with Gasteiger partial charge >= 0.3 is 0 Å². The highest BCUT2D eigenvalue weighted by Crippen LogP contribution is 2.12. The van der Waals surface area contributed by atoms with Crippen LogP contribution >= 0.6 is 0 Å². The largest absolute Gasteiger partial charge is 0.329 e. The highest BCUT2D eigenvalue weighted by Gasteiger charge is 2.21. The molecule has 0 aromatic heterocycles.